The Bertz CT molecular complexity index is 117. The molecule has 0 aliphatic rings. The van der Waals surface area contributed by atoms with Crippen LogP contribution in [0, 0.1) is 0 Å². The van der Waals surface area contributed by atoms with Crippen LogP contribution in [0.1, 0.15) is 0 Å². The van der Waals surface area contributed by atoms with Crippen LogP contribution in [-0.4, -0.2) is 62.7 Å². The third-order valence-electron chi connectivity index (χ3n) is 2.08. The third-order valence-corrected chi connectivity index (χ3v) is 6.25. The average Bonchev–Trinajstić information content (AvgIpc) is 1.86. The van der Waals surface area contributed by atoms with E-state index in [1.54, 1.807) is 0 Å². The molecule has 0 aromatic heterocycles. The molecular weight excluding hydrogens is 176 g/mol. The SMILES string of the molecule is CN(C)[P+](CF)(N(C)C)N(C)C. The monoisotopic (exact) mass is 196 g/mol. The fourth-order valence-corrected chi connectivity index (χ4v) is 4.18. The second-order valence-electron chi connectivity index (χ2n) is 3.35. The highest BCUT2D eigenvalue weighted by Gasteiger charge is 2.47. The average molecular weight is 196 g/mol. The predicted molar refractivity (Wildman–Crippen MR) is 54.0 cm³/mol. The quantitative estimate of drug-likeness (QED) is 0.629. The molecule has 0 unspecified atom stereocenters. The minimum absolute atomic E-state index is 0.306. The highest BCUT2D eigenvalue weighted by molar-refractivity contribution is 7.68. The summed E-state index contributed by atoms with van der Waals surface area (Å²) in [5, 5.41) is 0. The van der Waals surface area contributed by atoms with Gasteiger partial charge in [0.15, 0.2) is 0 Å². The topological polar surface area (TPSA) is 9.72 Å². The van der Waals surface area contributed by atoms with Gasteiger partial charge in [-0.1, -0.05) is 0 Å². The minimum Gasteiger partial charge on any atom is -0.200 e. The number of hydrogen-bond donors (Lipinski definition) is 0. The minimum atomic E-state index is -1.86. The van der Waals surface area contributed by atoms with Crippen molar-refractivity contribution in [3.8, 4) is 0 Å². The number of rotatable bonds is 4. The Morgan fingerprint density at radius 1 is 0.833 bits per heavy atom. The van der Waals surface area contributed by atoms with Gasteiger partial charge in [0.25, 0.3) is 7.71 Å². The maximum absolute atomic E-state index is 13.0. The van der Waals surface area contributed by atoms with Gasteiger partial charge in [-0.25, -0.2) is 4.39 Å². The molecule has 3 nitrogen and oxygen atoms in total. The fraction of sp³-hybridized carbons (Fsp3) is 1.00. The van der Waals surface area contributed by atoms with Crippen molar-refractivity contribution in [3.63, 3.8) is 0 Å². The second-order valence-corrected chi connectivity index (χ2v) is 7.38. The van der Waals surface area contributed by atoms with Crippen molar-refractivity contribution in [2.75, 3.05) is 48.7 Å². The Labute approximate surface area is 75.6 Å². The smallest absolute Gasteiger partial charge is 0.200 e. The normalized spacial score (nSPS) is 13.5. The van der Waals surface area contributed by atoms with Gasteiger partial charge in [-0.15, -0.1) is 0 Å². The lowest BCUT2D eigenvalue weighted by Crippen LogP contribution is -2.36. The molecule has 0 bridgehead atoms. The number of halogens is 1. The van der Waals surface area contributed by atoms with Gasteiger partial charge < -0.3 is 0 Å². The number of nitrogens with zero attached hydrogens (tertiary/aromatic N) is 3. The van der Waals surface area contributed by atoms with E-state index in [-0.39, 0.29) is 6.42 Å². The van der Waals surface area contributed by atoms with Crippen molar-refractivity contribution in [2.24, 2.45) is 0 Å². The first-order chi connectivity index (χ1) is 5.39. The summed E-state index contributed by atoms with van der Waals surface area (Å²) in [5.41, 5.74) is 0. The third kappa shape index (κ3) is 1.94. The van der Waals surface area contributed by atoms with Crippen LogP contribution in [0.3, 0.4) is 0 Å². The lowest BCUT2D eigenvalue weighted by molar-refractivity contribution is 0.422. The van der Waals surface area contributed by atoms with Crippen LogP contribution in [0.4, 0.5) is 4.39 Å². The maximum Gasteiger partial charge on any atom is 0.257 e. The first kappa shape index (κ1) is 12.2. The summed E-state index contributed by atoms with van der Waals surface area (Å²) in [6.07, 6.45) is -0.306. The van der Waals surface area contributed by atoms with Crippen molar-refractivity contribution in [1.82, 2.24) is 14.0 Å². The maximum atomic E-state index is 13.0. The van der Waals surface area contributed by atoms with E-state index in [9.17, 15) is 4.39 Å². The second kappa shape index (κ2) is 4.47. The van der Waals surface area contributed by atoms with Crippen molar-refractivity contribution in [2.45, 2.75) is 0 Å². The van der Waals surface area contributed by atoms with Gasteiger partial charge >= 0.3 is 0 Å². The summed E-state index contributed by atoms with van der Waals surface area (Å²) in [4.78, 5) is 0. The molecule has 5 heteroatoms. The number of hydrogen-bond acceptors (Lipinski definition) is 3. The molecule has 0 heterocycles. The summed E-state index contributed by atoms with van der Waals surface area (Å²) in [7, 11) is 9.68. The molecule has 0 aliphatic heterocycles. The van der Waals surface area contributed by atoms with Crippen molar-refractivity contribution < 1.29 is 4.39 Å². The summed E-state index contributed by atoms with van der Waals surface area (Å²) in [6, 6.07) is 0. The molecular formula is C7H20FN3P+. The van der Waals surface area contributed by atoms with E-state index >= 15 is 0 Å². The molecule has 0 aromatic rings. The summed E-state index contributed by atoms with van der Waals surface area (Å²) in [6.45, 7) is 0. The molecule has 74 valence electrons. The fourth-order valence-electron chi connectivity index (χ4n) is 1.39. The van der Waals surface area contributed by atoms with Gasteiger partial charge in [0.2, 0.25) is 6.42 Å². The molecule has 0 aliphatic carbocycles. The molecule has 12 heavy (non-hydrogen) atoms. The van der Waals surface area contributed by atoms with Crippen LogP contribution in [0.2, 0.25) is 0 Å². The van der Waals surface area contributed by atoms with E-state index in [0.717, 1.165) is 0 Å². The Morgan fingerprint density at radius 2 is 1.08 bits per heavy atom. The van der Waals surface area contributed by atoms with Crippen LogP contribution in [0.5, 0.6) is 0 Å². The molecule has 0 atom stereocenters. The van der Waals surface area contributed by atoms with Gasteiger partial charge in [-0.3, -0.25) is 0 Å². The largest absolute Gasteiger partial charge is 0.257 e. The lowest BCUT2D eigenvalue weighted by Gasteiger charge is -2.37. The van der Waals surface area contributed by atoms with Gasteiger partial charge in [-0.2, -0.15) is 14.0 Å². The van der Waals surface area contributed by atoms with Gasteiger partial charge in [0, 0.05) is 42.3 Å². The van der Waals surface area contributed by atoms with E-state index < -0.39 is 7.71 Å². The summed E-state index contributed by atoms with van der Waals surface area (Å²) < 4.78 is 18.9. The van der Waals surface area contributed by atoms with E-state index in [2.05, 4.69) is 0 Å². The summed E-state index contributed by atoms with van der Waals surface area (Å²) in [5.74, 6) is 0. The van der Waals surface area contributed by atoms with Crippen LogP contribution in [-0.2, 0) is 0 Å². The van der Waals surface area contributed by atoms with Crippen LogP contribution in [0.15, 0.2) is 0 Å². The molecule has 0 aromatic carbocycles. The molecule has 0 fully saturated rings. The highest BCUT2D eigenvalue weighted by atomic mass is 31.2. The van der Waals surface area contributed by atoms with E-state index in [4.69, 9.17) is 0 Å². The Morgan fingerprint density at radius 3 is 1.08 bits per heavy atom. The van der Waals surface area contributed by atoms with Gasteiger partial charge in [-0.05, 0) is 0 Å². The van der Waals surface area contributed by atoms with E-state index in [0.29, 0.717) is 0 Å². The van der Waals surface area contributed by atoms with Crippen LogP contribution in [0.25, 0.3) is 0 Å². The van der Waals surface area contributed by atoms with Gasteiger partial charge in [0.1, 0.15) is 0 Å². The molecule has 0 rings (SSSR count). The molecule has 0 saturated carbocycles. The molecule has 0 N–H and O–H groups in total. The Hall–Kier alpha value is 0.240. The summed E-state index contributed by atoms with van der Waals surface area (Å²) >= 11 is 0. The molecule has 0 spiro atoms. The molecule has 0 amide bonds. The van der Waals surface area contributed by atoms with E-state index in [1.807, 2.05) is 56.3 Å². The zero-order valence-corrected chi connectivity index (χ0v) is 9.77. The van der Waals surface area contributed by atoms with Crippen molar-refractivity contribution >= 4 is 7.71 Å². The lowest BCUT2D eigenvalue weighted by atomic mass is 11.2. The van der Waals surface area contributed by atoms with Crippen LogP contribution >= 0.6 is 7.71 Å². The first-order valence-electron chi connectivity index (χ1n) is 3.87. The van der Waals surface area contributed by atoms with Crippen LogP contribution < -0.4 is 0 Å². The van der Waals surface area contributed by atoms with Crippen molar-refractivity contribution in [1.29, 1.82) is 0 Å². The highest BCUT2D eigenvalue weighted by Crippen LogP contribution is 2.63. The molecule has 0 saturated heterocycles. The first-order valence-corrected chi connectivity index (χ1v) is 5.70. The van der Waals surface area contributed by atoms with Crippen molar-refractivity contribution in [3.05, 3.63) is 0 Å². The van der Waals surface area contributed by atoms with E-state index in [1.165, 1.54) is 0 Å². The number of alkyl halides is 1. The Balaban J connectivity index is 4.77. The predicted octanol–water partition coefficient (Wildman–Crippen LogP) is 1.36. The zero-order chi connectivity index (χ0) is 9.94. The Kier molecular flexibility index (Phi) is 4.56. The standard InChI is InChI=1S/C7H20FN3P/c1-9(2)12(7-8,10(3)4)11(5)6/h7H2,1-6H3/q+1. The molecule has 0 radical (unpaired) electrons. The van der Waals surface area contributed by atoms with Gasteiger partial charge in [0.05, 0.1) is 0 Å². The zero-order valence-electron chi connectivity index (χ0n) is 8.87.